The van der Waals surface area contributed by atoms with Crippen LogP contribution in [0, 0.1) is 11.8 Å². The second-order valence-electron chi connectivity index (χ2n) is 8.94. The third kappa shape index (κ3) is 3.92. The smallest absolute Gasteiger partial charge is 0.127 e. The van der Waals surface area contributed by atoms with Crippen LogP contribution >= 0.6 is 0 Å². The zero-order chi connectivity index (χ0) is 17.8. The first kappa shape index (κ1) is 17.9. The summed E-state index contributed by atoms with van der Waals surface area (Å²) < 4.78 is 0. The molecule has 26 heavy (non-hydrogen) atoms. The Bertz CT molecular complexity index is 622. The van der Waals surface area contributed by atoms with Crippen molar-refractivity contribution in [2.24, 2.45) is 16.8 Å². The third-order valence-corrected chi connectivity index (χ3v) is 6.90. The van der Waals surface area contributed by atoms with Crippen LogP contribution < -0.4 is 10.6 Å². The summed E-state index contributed by atoms with van der Waals surface area (Å²) in [5.74, 6) is 3.01. The minimum Gasteiger partial charge on any atom is -0.371 e. The number of para-hydroxylation sites is 2. The minimum absolute atomic E-state index is 0.0334. The molecule has 0 saturated heterocycles. The number of benzene rings is 1. The molecule has 0 radical (unpaired) electrons. The highest BCUT2D eigenvalue weighted by Crippen LogP contribution is 2.41. The predicted molar refractivity (Wildman–Crippen MR) is 112 cm³/mol. The molecule has 2 N–H and O–H groups in total. The Balaban J connectivity index is 1.44. The minimum atomic E-state index is 0.0334. The van der Waals surface area contributed by atoms with Crippen LogP contribution in [0.5, 0.6) is 0 Å². The van der Waals surface area contributed by atoms with E-state index in [0.717, 1.165) is 18.4 Å². The van der Waals surface area contributed by atoms with Gasteiger partial charge in [0.1, 0.15) is 5.84 Å². The van der Waals surface area contributed by atoms with E-state index in [9.17, 15) is 0 Å². The Hall–Kier alpha value is -1.51. The van der Waals surface area contributed by atoms with Gasteiger partial charge in [-0.2, -0.15) is 0 Å². The number of anilines is 2. The molecule has 0 amide bonds. The Morgan fingerprint density at radius 2 is 1.73 bits per heavy atom. The van der Waals surface area contributed by atoms with Crippen molar-refractivity contribution >= 4 is 17.2 Å². The molecule has 2 fully saturated rings. The standard InChI is InChI=1S/C23H35N3/c1-18-13-15-23(16-14-18)22(25-20-11-5-6-12-21(20)26-23)24-17-7-10-19-8-3-2-4-9-19/h5-6,11-12,18-19,26H,2-4,7-10,13-17H2,1H3,(H,24,25). The number of nitrogens with zero attached hydrogens (tertiary/aromatic N) is 1. The van der Waals surface area contributed by atoms with Gasteiger partial charge in [-0.1, -0.05) is 51.2 Å². The zero-order valence-electron chi connectivity index (χ0n) is 16.4. The number of hydrogen-bond donors (Lipinski definition) is 2. The molecule has 1 heterocycles. The molecule has 2 saturated carbocycles. The molecule has 1 aromatic carbocycles. The summed E-state index contributed by atoms with van der Waals surface area (Å²) in [6.45, 7) is 3.36. The summed E-state index contributed by atoms with van der Waals surface area (Å²) in [5.41, 5.74) is 2.46. The van der Waals surface area contributed by atoms with Crippen LogP contribution in [0.1, 0.15) is 77.6 Å². The van der Waals surface area contributed by atoms with Gasteiger partial charge in [0.15, 0.2) is 0 Å². The van der Waals surface area contributed by atoms with Gasteiger partial charge in [-0.15, -0.1) is 0 Å². The first-order valence-corrected chi connectivity index (χ1v) is 10.9. The van der Waals surface area contributed by atoms with Crippen LogP contribution in [-0.2, 0) is 0 Å². The number of amidine groups is 1. The molecule has 0 aromatic heterocycles. The van der Waals surface area contributed by atoms with Gasteiger partial charge < -0.3 is 10.6 Å². The lowest BCUT2D eigenvalue weighted by Gasteiger charge is -2.45. The number of fused-ring (bicyclic) bond motifs is 1. The normalized spacial score (nSPS) is 30.7. The van der Waals surface area contributed by atoms with E-state index in [2.05, 4.69) is 41.8 Å². The molecule has 3 heteroatoms. The van der Waals surface area contributed by atoms with Gasteiger partial charge in [-0.3, -0.25) is 4.99 Å². The monoisotopic (exact) mass is 353 g/mol. The zero-order valence-corrected chi connectivity index (χ0v) is 16.4. The summed E-state index contributed by atoms with van der Waals surface area (Å²) in [5, 5.41) is 7.58. The van der Waals surface area contributed by atoms with Crippen LogP contribution in [0.3, 0.4) is 0 Å². The highest BCUT2D eigenvalue weighted by Gasteiger charge is 2.42. The fourth-order valence-electron chi connectivity index (χ4n) is 5.12. The second kappa shape index (κ2) is 8.02. The van der Waals surface area contributed by atoms with Gasteiger partial charge in [-0.05, 0) is 62.5 Å². The molecule has 0 bridgehead atoms. The second-order valence-corrected chi connectivity index (χ2v) is 8.94. The average Bonchev–Trinajstić information content (AvgIpc) is 2.68. The Morgan fingerprint density at radius 3 is 2.50 bits per heavy atom. The fraction of sp³-hybridized carbons (Fsp3) is 0.696. The summed E-state index contributed by atoms with van der Waals surface area (Å²) in [6, 6.07) is 8.59. The van der Waals surface area contributed by atoms with Crippen molar-refractivity contribution in [1.29, 1.82) is 0 Å². The molecule has 0 atom stereocenters. The average molecular weight is 354 g/mol. The quantitative estimate of drug-likeness (QED) is 0.629. The van der Waals surface area contributed by atoms with E-state index < -0.39 is 0 Å². The van der Waals surface area contributed by atoms with Gasteiger partial charge >= 0.3 is 0 Å². The molecular weight excluding hydrogens is 318 g/mol. The highest BCUT2D eigenvalue weighted by molar-refractivity contribution is 6.09. The maximum atomic E-state index is 5.11. The molecule has 142 valence electrons. The number of aliphatic imine (C=N–C) groups is 1. The van der Waals surface area contributed by atoms with Gasteiger partial charge in [0.2, 0.25) is 0 Å². The maximum absolute atomic E-state index is 5.11. The molecule has 0 unspecified atom stereocenters. The van der Waals surface area contributed by atoms with E-state index in [1.807, 2.05) is 0 Å². The summed E-state index contributed by atoms with van der Waals surface area (Å²) >= 11 is 0. The van der Waals surface area contributed by atoms with Crippen LogP contribution in [0.2, 0.25) is 0 Å². The number of nitrogens with one attached hydrogen (secondary N) is 2. The fourth-order valence-corrected chi connectivity index (χ4v) is 5.12. The topological polar surface area (TPSA) is 36.4 Å². The predicted octanol–water partition coefficient (Wildman–Crippen LogP) is 6.23. The molecule has 3 aliphatic rings. The number of rotatable bonds is 4. The molecular formula is C23H35N3. The van der Waals surface area contributed by atoms with Crippen molar-refractivity contribution in [3.05, 3.63) is 24.3 Å². The van der Waals surface area contributed by atoms with Gasteiger partial charge in [0.05, 0.1) is 16.9 Å². The summed E-state index contributed by atoms with van der Waals surface area (Å²) in [6.07, 6.45) is 14.8. The lowest BCUT2D eigenvalue weighted by atomic mass is 9.75. The van der Waals surface area contributed by atoms with E-state index in [1.54, 1.807) is 0 Å². The Labute approximate surface area is 159 Å². The van der Waals surface area contributed by atoms with E-state index in [-0.39, 0.29) is 5.54 Å². The highest BCUT2D eigenvalue weighted by atomic mass is 15.2. The molecule has 1 aliphatic heterocycles. The molecule has 1 aromatic rings. The summed E-state index contributed by atoms with van der Waals surface area (Å²) in [4.78, 5) is 5.11. The number of hydrogen-bond acceptors (Lipinski definition) is 2. The molecule has 1 spiro atoms. The molecule has 3 nitrogen and oxygen atoms in total. The van der Waals surface area contributed by atoms with Crippen molar-refractivity contribution in [3.8, 4) is 0 Å². The van der Waals surface area contributed by atoms with E-state index in [4.69, 9.17) is 4.99 Å². The Morgan fingerprint density at radius 1 is 1.00 bits per heavy atom. The molecule has 4 rings (SSSR count). The largest absolute Gasteiger partial charge is 0.371 e. The van der Waals surface area contributed by atoms with Gasteiger partial charge in [-0.25, -0.2) is 0 Å². The van der Waals surface area contributed by atoms with Crippen LogP contribution in [0.25, 0.3) is 0 Å². The van der Waals surface area contributed by atoms with Crippen molar-refractivity contribution in [3.63, 3.8) is 0 Å². The van der Waals surface area contributed by atoms with Gasteiger partial charge in [0.25, 0.3) is 0 Å². The van der Waals surface area contributed by atoms with Crippen molar-refractivity contribution in [1.82, 2.24) is 0 Å². The van der Waals surface area contributed by atoms with E-state index in [0.29, 0.717) is 0 Å². The lowest BCUT2D eigenvalue weighted by Crippen LogP contribution is -2.54. The third-order valence-electron chi connectivity index (χ3n) is 6.90. The van der Waals surface area contributed by atoms with Gasteiger partial charge in [0, 0.05) is 6.54 Å². The van der Waals surface area contributed by atoms with Crippen LogP contribution in [-0.4, -0.2) is 17.9 Å². The summed E-state index contributed by atoms with van der Waals surface area (Å²) in [7, 11) is 0. The Kier molecular flexibility index (Phi) is 5.52. The SMILES string of the molecule is CC1CCC2(CC1)Nc1ccccc1NC2=NCCCC1CCCCC1. The van der Waals surface area contributed by atoms with Crippen LogP contribution in [0.4, 0.5) is 11.4 Å². The molecule has 2 aliphatic carbocycles. The van der Waals surface area contributed by atoms with Crippen LogP contribution in [0.15, 0.2) is 29.3 Å². The first-order valence-electron chi connectivity index (χ1n) is 10.9. The van der Waals surface area contributed by atoms with Crippen molar-refractivity contribution in [2.45, 2.75) is 83.1 Å². The van der Waals surface area contributed by atoms with Crippen molar-refractivity contribution < 1.29 is 0 Å². The lowest BCUT2D eigenvalue weighted by molar-refractivity contribution is 0.321. The van der Waals surface area contributed by atoms with Crippen molar-refractivity contribution in [2.75, 3.05) is 17.2 Å². The first-order chi connectivity index (χ1) is 12.8. The van der Waals surface area contributed by atoms with E-state index >= 15 is 0 Å². The van der Waals surface area contributed by atoms with E-state index in [1.165, 1.54) is 87.8 Å². The maximum Gasteiger partial charge on any atom is 0.127 e.